The average molecular weight is 173 g/mol. The van der Waals surface area contributed by atoms with Crippen molar-refractivity contribution in [1.82, 2.24) is 0 Å². The maximum atomic E-state index is 10.4. The zero-order chi connectivity index (χ0) is 9.56. The number of rotatable bonds is 6. The van der Waals surface area contributed by atoms with Crippen LogP contribution in [0.15, 0.2) is 0 Å². The van der Waals surface area contributed by atoms with Crippen molar-refractivity contribution < 1.29 is 14.3 Å². The van der Waals surface area contributed by atoms with Gasteiger partial charge in [-0.2, -0.15) is 0 Å². The van der Waals surface area contributed by atoms with Gasteiger partial charge in [-0.15, -0.1) is 0 Å². The quantitative estimate of drug-likeness (QED) is 0.593. The Morgan fingerprint density at radius 3 is 2.50 bits per heavy atom. The summed E-state index contributed by atoms with van der Waals surface area (Å²) in [5.41, 5.74) is 4.95. The summed E-state index contributed by atoms with van der Waals surface area (Å²) >= 11 is 0. The SMILES string of the molecule is CC(C)C(CCC(N)=O)OC=O. The zero-order valence-corrected chi connectivity index (χ0v) is 7.45. The van der Waals surface area contributed by atoms with E-state index in [2.05, 4.69) is 0 Å². The Bertz CT molecular complexity index is 156. The molecule has 0 saturated heterocycles. The van der Waals surface area contributed by atoms with Crippen LogP contribution < -0.4 is 5.73 Å². The molecular formula is C8H15NO3. The number of amides is 1. The molecule has 12 heavy (non-hydrogen) atoms. The van der Waals surface area contributed by atoms with Crippen molar-refractivity contribution in [2.24, 2.45) is 11.7 Å². The van der Waals surface area contributed by atoms with Gasteiger partial charge in [0.25, 0.3) is 6.47 Å². The Hall–Kier alpha value is -1.06. The van der Waals surface area contributed by atoms with Crippen molar-refractivity contribution >= 4 is 12.4 Å². The topological polar surface area (TPSA) is 69.4 Å². The predicted molar refractivity (Wildman–Crippen MR) is 44.2 cm³/mol. The van der Waals surface area contributed by atoms with Gasteiger partial charge in [0.1, 0.15) is 6.10 Å². The first kappa shape index (κ1) is 10.9. The van der Waals surface area contributed by atoms with Crippen LogP contribution in [0, 0.1) is 5.92 Å². The number of hydrogen-bond acceptors (Lipinski definition) is 3. The molecule has 0 bridgehead atoms. The van der Waals surface area contributed by atoms with Crippen LogP contribution in [0.3, 0.4) is 0 Å². The summed E-state index contributed by atoms with van der Waals surface area (Å²) < 4.78 is 4.77. The lowest BCUT2D eigenvalue weighted by atomic mass is 10.0. The summed E-state index contributed by atoms with van der Waals surface area (Å²) in [7, 11) is 0. The van der Waals surface area contributed by atoms with E-state index >= 15 is 0 Å². The lowest BCUT2D eigenvalue weighted by Crippen LogP contribution is -2.22. The maximum Gasteiger partial charge on any atom is 0.293 e. The molecule has 0 aliphatic heterocycles. The average Bonchev–Trinajstić information content (AvgIpc) is 1.96. The molecule has 4 nitrogen and oxygen atoms in total. The van der Waals surface area contributed by atoms with E-state index < -0.39 is 0 Å². The van der Waals surface area contributed by atoms with Crippen LogP contribution in [0.1, 0.15) is 26.7 Å². The van der Waals surface area contributed by atoms with Gasteiger partial charge in [-0.25, -0.2) is 0 Å². The van der Waals surface area contributed by atoms with Crippen molar-refractivity contribution in [3.8, 4) is 0 Å². The molecule has 0 aromatic carbocycles. The van der Waals surface area contributed by atoms with Gasteiger partial charge >= 0.3 is 0 Å². The minimum absolute atomic E-state index is 0.199. The molecule has 1 atom stereocenters. The van der Waals surface area contributed by atoms with Gasteiger partial charge in [0, 0.05) is 6.42 Å². The summed E-state index contributed by atoms with van der Waals surface area (Å²) in [4.78, 5) is 20.4. The van der Waals surface area contributed by atoms with Crippen LogP contribution in [-0.4, -0.2) is 18.5 Å². The van der Waals surface area contributed by atoms with Crippen LogP contribution in [0.4, 0.5) is 0 Å². The van der Waals surface area contributed by atoms with E-state index in [1.54, 1.807) is 0 Å². The second kappa shape index (κ2) is 5.57. The molecule has 0 aromatic heterocycles. The van der Waals surface area contributed by atoms with Crippen LogP contribution in [0.25, 0.3) is 0 Å². The fourth-order valence-corrected chi connectivity index (χ4v) is 0.914. The first-order valence-electron chi connectivity index (χ1n) is 3.95. The Morgan fingerprint density at radius 1 is 1.58 bits per heavy atom. The zero-order valence-electron chi connectivity index (χ0n) is 7.45. The fraction of sp³-hybridized carbons (Fsp3) is 0.750. The van der Waals surface area contributed by atoms with E-state index in [0.29, 0.717) is 12.9 Å². The number of hydrogen-bond donors (Lipinski definition) is 1. The molecular weight excluding hydrogens is 158 g/mol. The summed E-state index contributed by atoms with van der Waals surface area (Å²) in [5.74, 6) is -0.148. The van der Waals surface area contributed by atoms with Crippen LogP contribution in [-0.2, 0) is 14.3 Å². The van der Waals surface area contributed by atoms with Crippen molar-refractivity contribution in [2.45, 2.75) is 32.8 Å². The van der Waals surface area contributed by atoms with Crippen LogP contribution >= 0.6 is 0 Å². The molecule has 0 rings (SSSR count). The molecule has 0 heterocycles. The highest BCUT2D eigenvalue weighted by Crippen LogP contribution is 2.11. The molecule has 70 valence electrons. The minimum atomic E-state index is -0.366. The van der Waals surface area contributed by atoms with Gasteiger partial charge in [-0.05, 0) is 12.3 Å². The molecule has 2 N–H and O–H groups in total. The molecule has 4 heteroatoms. The van der Waals surface area contributed by atoms with Crippen molar-refractivity contribution in [3.63, 3.8) is 0 Å². The number of carbonyl (C=O) groups is 2. The lowest BCUT2D eigenvalue weighted by molar-refractivity contribution is -0.137. The normalized spacial score (nSPS) is 12.6. The largest absolute Gasteiger partial charge is 0.464 e. The van der Waals surface area contributed by atoms with Gasteiger partial charge in [0.2, 0.25) is 5.91 Å². The third kappa shape index (κ3) is 4.71. The van der Waals surface area contributed by atoms with Crippen LogP contribution in [0.5, 0.6) is 0 Å². The van der Waals surface area contributed by atoms with Crippen molar-refractivity contribution in [1.29, 1.82) is 0 Å². The number of ether oxygens (including phenoxy) is 1. The number of nitrogens with two attached hydrogens (primary N) is 1. The summed E-state index contributed by atoms with van der Waals surface area (Å²) in [6, 6.07) is 0. The first-order valence-corrected chi connectivity index (χ1v) is 3.95. The van der Waals surface area contributed by atoms with E-state index in [1.165, 1.54) is 0 Å². The third-order valence-corrected chi connectivity index (χ3v) is 1.65. The van der Waals surface area contributed by atoms with Crippen molar-refractivity contribution in [2.75, 3.05) is 0 Å². The fourth-order valence-electron chi connectivity index (χ4n) is 0.914. The van der Waals surface area contributed by atoms with Gasteiger partial charge in [-0.1, -0.05) is 13.8 Å². The Labute approximate surface area is 72.1 Å². The van der Waals surface area contributed by atoms with Crippen molar-refractivity contribution in [3.05, 3.63) is 0 Å². The Kier molecular flexibility index (Phi) is 5.08. The molecule has 1 unspecified atom stereocenters. The molecule has 0 aliphatic rings. The Morgan fingerprint density at radius 2 is 2.17 bits per heavy atom. The van der Waals surface area contributed by atoms with Gasteiger partial charge < -0.3 is 10.5 Å². The van der Waals surface area contributed by atoms with Gasteiger partial charge in [0.15, 0.2) is 0 Å². The highest BCUT2D eigenvalue weighted by Gasteiger charge is 2.14. The second-order valence-electron chi connectivity index (χ2n) is 3.02. The molecule has 0 fully saturated rings. The monoisotopic (exact) mass is 173 g/mol. The Balaban J connectivity index is 3.78. The van der Waals surface area contributed by atoms with E-state index in [1.807, 2.05) is 13.8 Å². The standard InChI is InChI=1S/C8H15NO3/c1-6(2)7(12-5-10)3-4-8(9)11/h5-7H,3-4H2,1-2H3,(H2,9,11). The maximum absolute atomic E-state index is 10.4. The molecule has 0 aliphatic carbocycles. The predicted octanol–water partition coefficient (Wildman–Crippen LogP) is 0.449. The van der Waals surface area contributed by atoms with E-state index in [4.69, 9.17) is 10.5 Å². The van der Waals surface area contributed by atoms with Gasteiger partial charge in [0.05, 0.1) is 0 Å². The van der Waals surface area contributed by atoms with Gasteiger partial charge in [-0.3, -0.25) is 9.59 Å². The molecule has 0 saturated carbocycles. The van der Waals surface area contributed by atoms with E-state index in [0.717, 1.165) is 0 Å². The summed E-state index contributed by atoms with van der Waals surface area (Å²) in [6.07, 6.45) is 0.567. The smallest absolute Gasteiger partial charge is 0.293 e. The third-order valence-electron chi connectivity index (χ3n) is 1.65. The van der Waals surface area contributed by atoms with E-state index in [-0.39, 0.29) is 24.3 Å². The highest BCUT2D eigenvalue weighted by atomic mass is 16.5. The minimum Gasteiger partial charge on any atom is -0.464 e. The summed E-state index contributed by atoms with van der Waals surface area (Å²) in [6.45, 7) is 4.26. The molecule has 0 radical (unpaired) electrons. The molecule has 0 spiro atoms. The van der Waals surface area contributed by atoms with Crippen LogP contribution in [0.2, 0.25) is 0 Å². The van der Waals surface area contributed by atoms with E-state index in [9.17, 15) is 9.59 Å². The summed E-state index contributed by atoms with van der Waals surface area (Å²) in [5, 5.41) is 0. The number of primary amides is 1. The first-order chi connectivity index (χ1) is 5.57. The highest BCUT2D eigenvalue weighted by molar-refractivity contribution is 5.73. The molecule has 1 amide bonds. The lowest BCUT2D eigenvalue weighted by Gasteiger charge is -2.17. The second-order valence-corrected chi connectivity index (χ2v) is 3.02. The number of carbonyl (C=O) groups excluding carboxylic acids is 2. The molecule has 0 aromatic rings.